The van der Waals surface area contributed by atoms with Gasteiger partial charge < -0.3 is 14.4 Å². The molecule has 0 unspecified atom stereocenters. The average molecular weight is 456 g/mol. The highest BCUT2D eigenvalue weighted by molar-refractivity contribution is 7.13. The summed E-state index contributed by atoms with van der Waals surface area (Å²) in [6.07, 6.45) is 0. The van der Waals surface area contributed by atoms with E-state index in [2.05, 4.69) is 11.1 Å². The minimum atomic E-state index is -0.103. The molecule has 3 aromatic rings. The SMILES string of the molecule is COCCN(Cc1ccc(C#N)cc1)C(=O)c1sc(COc2ccc(Cl)cc2)nc1C. The van der Waals surface area contributed by atoms with Crippen molar-refractivity contribution in [2.75, 3.05) is 20.3 Å². The van der Waals surface area contributed by atoms with Crippen molar-refractivity contribution in [2.24, 2.45) is 0 Å². The van der Waals surface area contributed by atoms with Gasteiger partial charge in [0, 0.05) is 25.2 Å². The second-order valence-corrected chi connectivity index (χ2v) is 8.31. The van der Waals surface area contributed by atoms with Gasteiger partial charge in [-0.2, -0.15) is 5.26 Å². The van der Waals surface area contributed by atoms with E-state index in [1.807, 2.05) is 19.1 Å². The zero-order valence-corrected chi connectivity index (χ0v) is 18.9. The van der Waals surface area contributed by atoms with Crippen molar-refractivity contribution in [1.82, 2.24) is 9.88 Å². The maximum atomic E-state index is 13.3. The zero-order chi connectivity index (χ0) is 22.2. The van der Waals surface area contributed by atoms with Crippen LogP contribution in [0.4, 0.5) is 0 Å². The molecule has 1 amide bonds. The molecule has 3 rings (SSSR count). The summed E-state index contributed by atoms with van der Waals surface area (Å²) in [6.45, 7) is 3.39. The van der Waals surface area contributed by atoms with E-state index in [9.17, 15) is 4.79 Å². The first-order valence-electron chi connectivity index (χ1n) is 9.62. The van der Waals surface area contributed by atoms with Crippen LogP contribution >= 0.6 is 22.9 Å². The van der Waals surface area contributed by atoms with Crippen molar-refractivity contribution in [1.29, 1.82) is 5.26 Å². The number of halogens is 1. The predicted octanol–water partition coefficient (Wildman–Crippen LogP) is 4.84. The molecule has 0 saturated heterocycles. The fraction of sp³-hybridized carbons (Fsp3) is 0.261. The Hall–Kier alpha value is -2.92. The van der Waals surface area contributed by atoms with Crippen molar-refractivity contribution in [3.63, 3.8) is 0 Å². The molecule has 0 fully saturated rings. The van der Waals surface area contributed by atoms with Crippen molar-refractivity contribution in [2.45, 2.75) is 20.1 Å². The van der Waals surface area contributed by atoms with Crippen molar-refractivity contribution in [3.8, 4) is 11.8 Å². The lowest BCUT2D eigenvalue weighted by molar-refractivity contribution is 0.0684. The average Bonchev–Trinajstić information content (AvgIpc) is 3.16. The number of hydrogen-bond acceptors (Lipinski definition) is 6. The van der Waals surface area contributed by atoms with Crippen LogP contribution in [0.5, 0.6) is 5.75 Å². The molecule has 1 aromatic heterocycles. The summed E-state index contributed by atoms with van der Waals surface area (Å²) in [7, 11) is 1.61. The van der Waals surface area contributed by atoms with Gasteiger partial charge in [0.1, 0.15) is 22.2 Å². The molecule has 8 heteroatoms. The number of amides is 1. The van der Waals surface area contributed by atoms with Crippen LogP contribution in [0, 0.1) is 18.3 Å². The topological polar surface area (TPSA) is 75.5 Å². The first-order chi connectivity index (χ1) is 15.0. The number of aryl methyl sites for hydroxylation is 1. The van der Waals surface area contributed by atoms with Gasteiger partial charge in [0.2, 0.25) is 0 Å². The number of rotatable bonds is 9. The molecule has 0 saturated carbocycles. The van der Waals surface area contributed by atoms with E-state index in [4.69, 9.17) is 26.3 Å². The molecule has 6 nitrogen and oxygen atoms in total. The lowest BCUT2D eigenvalue weighted by atomic mass is 10.1. The third kappa shape index (κ3) is 6.28. The van der Waals surface area contributed by atoms with Gasteiger partial charge in [0.15, 0.2) is 0 Å². The number of nitrogens with zero attached hydrogens (tertiary/aromatic N) is 3. The third-order valence-electron chi connectivity index (χ3n) is 4.52. The molecule has 1 heterocycles. The van der Waals surface area contributed by atoms with Gasteiger partial charge in [0.05, 0.1) is 23.9 Å². The van der Waals surface area contributed by atoms with Crippen molar-refractivity contribution >= 4 is 28.8 Å². The Labute approximate surface area is 190 Å². The molecule has 0 N–H and O–H groups in total. The van der Waals surface area contributed by atoms with Gasteiger partial charge in [0.25, 0.3) is 5.91 Å². The summed E-state index contributed by atoms with van der Waals surface area (Å²) >= 11 is 7.23. The minimum Gasteiger partial charge on any atom is -0.486 e. The van der Waals surface area contributed by atoms with Gasteiger partial charge in [-0.3, -0.25) is 4.79 Å². The lowest BCUT2D eigenvalue weighted by Gasteiger charge is -2.22. The number of aromatic nitrogens is 1. The van der Waals surface area contributed by atoms with E-state index in [0.717, 1.165) is 10.6 Å². The molecule has 0 aliphatic carbocycles. The molecule has 0 aliphatic heterocycles. The molecule has 2 aromatic carbocycles. The molecule has 0 bridgehead atoms. The Bertz CT molecular complexity index is 1060. The maximum Gasteiger partial charge on any atom is 0.266 e. The van der Waals surface area contributed by atoms with Gasteiger partial charge in [-0.1, -0.05) is 23.7 Å². The first kappa shape index (κ1) is 22.8. The standard InChI is InChI=1S/C23H22ClN3O3S/c1-16-22(31-21(26-16)15-30-20-9-7-19(24)8-10-20)23(28)27(11-12-29-2)14-18-5-3-17(13-25)4-6-18/h3-10H,11-12,14-15H2,1-2H3. The Morgan fingerprint density at radius 3 is 2.55 bits per heavy atom. The zero-order valence-electron chi connectivity index (χ0n) is 17.3. The van der Waals surface area contributed by atoms with E-state index in [1.54, 1.807) is 48.4 Å². The van der Waals surface area contributed by atoms with Gasteiger partial charge in [-0.25, -0.2) is 4.98 Å². The van der Waals surface area contributed by atoms with Crippen LogP contribution < -0.4 is 4.74 Å². The second kappa shape index (κ2) is 10.9. The number of carbonyl (C=O) groups excluding carboxylic acids is 1. The fourth-order valence-corrected chi connectivity index (χ4v) is 3.96. The van der Waals surface area contributed by atoms with Gasteiger partial charge in [-0.15, -0.1) is 11.3 Å². The molecule has 0 spiro atoms. The van der Waals surface area contributed by atoms with Crippen LogP contribution in [-0.2, 0) is 17.9 Å². The fourth-order valence-electron chi connectivity index (χ4n) is 2.89. The Balaban J connectivity index is 1.72. The van der Waals surface area contributed by atoms with Gasteiger partial charge >= 0.3 is 0 Å². The van der Waals surface area contributed by atoms with Crippen molar-refractivity contribution in [3.05, 3.63) is 80.3 Å². The number of hydrogen-bond donors (Lipinski definition) is 0. The van der Waals surface area contributed by atoms with E-state index in [0.29, 0.717) is 46.6 Å². The van der Waals surface area contributed by atoms with E-state index in [-0.39, 0.29) is 12.5 Å². The summed E-state index contributed by atoms with van der Waals surface area (Å²) in [5.41, 5.74) is 2.20. The quantitative estimate of drug-likeness (QED) is 0.461. The highest BCUT2D eigenvalue weighted by atomic mass is 35.5. The van der Waals surface area contributed by atoms with E-state index in [1.165, 1.54) is 11.3 Å². The lowest BCUT2D eigenvalue weighted by Crippen LogP contribution is -2.33. The predicted molar refractivity (Wildman–Crippen MR) is 120 cm³/mol. The monoisotopic (exact) mass is 455 g/mol. The minimum absolute atomic E-state index is 0.103. The third-order valence-corrected chi connectivity index (χ3v) is 5.89. The molecule has 160 valence electrons. The molecule has 0 radical (unpaired) electrons. The van der Waals surface area contributed by atoms with Crippen LogP contribution in [0.15, 0.2) is 48.5 Å². The molecule has 31 heavy (non-hydrogen) atoms. The molecule has 0 aliphatic rings. The van der Waals surface area contributed by atoms with E-state index < -0.39 is 0 Å². The van der Waals surface area contributed by atoms with Crippen LogP contribution in [-0.4, -0.2) is 36.1 Å². The van der Waals surface area contributed by atoms with Crippen LogP contribution in [0.1, 0.15) is 31.5 Å². The van der Waals surface area contributed by atoms with Crippen LogP contribution in [0.25, 0.3) is 0 Å². The summed E-state index contributed by atoms with van der Waals surface area (Å²) in [6, 6.07) is 16.4. The number of methoxy groups -OCH3 is 1. The first-order valence-corrected chi connectivity index (χ1v) is 10.8. The van der Waals surface area contributed by atoms with Gasteiger partial charge in [-0.05, 0) is 48.9 Å². The molecule has 0 atom stereocenters. The highest BCUT2D eigenvalue weighted by Crippen LogP contribution is 2.23. The Morgan fingerprint density at radius 2 is 1.90 bits per heavy atom. The van der Waals surface area contributed by atoms with Crippen LogP contribution in [0.3, 0.4) is 0 Å². The second-order valence-electron chi connectivity index (χ2n) is 6.79. The largest absolute Gasteiger partial charge is 0.486 e. The number of benzene rings is 2. The number of thiazole rings is 1. The smallest absolute Gasteiger partial charge is 0.266 e. The molecular formula is C23H22ClN3O3S. The summed E-state index contributed by atoms with van der Waals surface area (Å²) in [5.74, 6) is 0.585. The normalized spacial score (nSPS) is 10.5. The highest BCUT2D eigenvalue weighted by Gasteiger charge is 2.22. The summed E-state index contributed by atoms with van der Waals surface area (Å²) in [4.78, 5) is 20.1. The molecular weight excluding hydrogens is 434 g/mol. The number of ether oxygens (including phenoxy) is 2. The summed E-state index contributed by atoms with van der Waals surface area (Å²) < 4.78 is 10.9. The number of carbonyl (C=O) groups is 1. The number of nitriles is 1. The summed E-state index contributed by atoms with van der Waals surface area (Å²) in [5, 5.41) is 10.3. The van der Waals surface area contributed by atoms with E-state index >= 15 is 0 Å². The Kier molecular flexibility index (Phi) is 8.01. The Morgan fingerprint density at radius 1 is 1.19 bits per heavy atom. The van der Waals surface area contributed by atoms with Crippen molar-refractivity contribution < 1.29 is 14.3 Å². The maximum absolute atomic E-state index is 13.3. The van der Waals surface area contributed by atoms with Crippen LogP contribution in [0.2, 0.25) is 5.02 Å².